The van der Waals surface area contributed by atoms with Crippen molar-refractivity contribution in [3.8, 4) is 11.8 Å². The molecule has 3 N–H and O–H groups in total. The van der Waals surface area contributed by atoms with E-state index in [0.29, 0.717) is 64.4 Å². The molecule has 0 bridgehead atoms. The van der Waals surface area contributed by atoms with Gasteiger partial charge in [0.1, 0.15) is 23.3 Å². The zero-order valence-corrected chi connectivity index (χ0v) is 22.4. The van der Waals surface area contributed by atoms with E-state index in [2.05, 4.69) is 36.6 Å². The van der Waals surface area contributed by atoms with Crippen molar-refractivity contribution in [3.63, 3.8) is 0 Å². The van der Waals surface area contributed by atoms with Gasteiger partial charge in [0.25, 0.3) is 5.91 Å². The van der Waals surface area contributed by atoms with Gasteiger partial charge in [-0.3, -0.25) is 9.69 Å². The predicted molar refractivity (Wildman–Crippen MR) is 148 cm³/mol. The summed E-state index contributed by atoms with van der Waals surface area (Å²) in [5.74, 6) is 1.70. The normalized spacial score (nSPS) is 18.2. The second-order valence-corrected chi connectivity index (χ2v) is 10.6. The smallest absolute Gasteiger partial charge is 0.254 e. The largest absolute Gasteiger partial charge is 0.491 e. The Morgan fingerprint density at radius 1 is 1.15 bits per heavy atom. The van der Waals surface area contributed by atoms with Crippen molar-refractivity contribution in [1.82, 2.24) is 24.8 Å². The number of aromatic amines is 1. The van der Waals surface area contributed by atoms with Crippen molar-refractivity contribution in [2.75, 3.05) is 56.6 Å². The number of carbonyl (C=O) groups excluding carboxylic acids is 1. The Kier molecular flexibility index (Phi) is 6.97. The second kappa shape index (κ2) is 10.7. The van der Waals surface area contributed by atoms with Crippen LogP contribution in [0.25, 0.3) is 11.0 Å². The number of rotatable bonds is 6. The molecule has 5 heterocycles. The fourth-order valence-electron chi connectivity index (χ4n) is 5.82. The molecule has 1 aromatic carbocycles. The molecule has 2 fully saturated rings. The van der Waals surface area contributed by atoms with E-state index in [-0.39, 0.29) is 11.9 Å². The van der Waals surface area contributed by atoms with Gasteiger partial charge in [0.05, 0.1) is 36.5 Å². The number of likely N-dealkylation sites (tertiary alicyclic amines) is 1. The van der Waals surface area contributed by atoms with Crippen LogP contribution in [-0.2, 0) is 11.2 Å². The van der Waals surface area contributed by atoms with E-state index in [1.807, 2.05) is 30.9 Å². The van der Waals surface area contributed by atoms with E-state index >= 15 is 0 Å². The highest BCUT2D eigenvalue weighted by Gasteiger charge is 2.31. The molecule has 0 atom stereocenters. The maximum atomic E-state index is 13.6. The summed E-state index contributed by atoms with van der Waals surface area (Å²) in [6.07, 6.45) is 4.30. The molecular formula is C28H34N8O3. The summed E-state index contributed by atoms with van der Waals surface area (Å²) in [6, 6.07) is 6.60. The third-order valence-electron chi connectivity index (χ3n) is 7.73. The molecule has 2 saturated heterocycles. The van der Waals surface area contributed by atoms with Crippen molar-refractivity contribution in [2.45, 2.75) is 45.2 Å². The first-order valence-corrected chi connectivity index (χ1v) is 13.7. The van der Waals surface area contributed by atoms with E-state index in [9.17, 15) is 10.1 Å². The van der Waals surface area contributed by atoms with Gasteiger partial charge in [0.15, 0.2) is 0 Å². The lowest BCUT2D eigenvalue weighted by atomic mass is 9.99. The molecule has 0 unspecified atom stereocenters. The minimum atomic E-state index is 0.0697. The molecule has 0 aliphatic carbocycles. The van der Waals surface area contributed by atoms with Gasteiger partial charge in [-0.25, -0.2) is 0 Å². The van der Waals surface area contributed by atoms with Crippen LogP contribution in [0.5, 0.6) is 5.75 Å². The van der Waals surface area contributed by atoms with Crippen LogP contribution in [0.4, 0.5) is 17.5 Å². The van der Waals surface area contributed by atoms with E-state index in [4.69, 9.17) is 9.47 Å². The molecular weight excluding hydrogens is 496 g/mol. The number of nitrogens with one attached hydrogen (secondary N) is 3. The van der Waals surface area contributed by atoms with Crippen LogP contribution in [0.1, 0.15) is 48.2 Å². The fraction of sp³-hybridized carbons (Fsp3) is 0.500. The van der Waals surface area contributed by atoms with Crippen LogP contribution in [-0.4, -0.2) is 88.7 Å². The Morgan fingerprint density at radius 3 is 2.69 bits per heavy atom. The number of carbonyl (C=O) groups is 1. The van der Waals surface area contributed by atoms with Crippen LogP contribution >= 0.6 is 0 Å². The Morgan fingerprint density at radius 2 is 1.95 bits per heavy atom. The molecule has 11 nitrogen and oxygen atoms in total. The van der Waals surface area contributed by atoms with Crippen LogP contribution < -0.4 is 15.4 Å². The van der Waals surface area contributed by atoms with Gasteiger partial charge in [-0.15, -0.1) is 0 Å². The molecule has 11 heteroatoms. The van der Waals surface area contributed by atoms with Crippen molar-refractivity contribution in [1.29, 1.82) is 5.26 Å². The number of H-pyrrole nitrogens is 1. The minimum Gasteiger partial charge on any atom is -0.491 e. The molecule has 39 heavy (non-hydrogen) atoms. The number of benzene rings is 1. The second-order valence-electron chi connectivity index (χ2n) is 10.6. The number of ether oxygens (including phenoxy) is 2. The van der Waals surface area contributed by atoms with Crippen molar-refractivity contribution in [3.05, 3.63) is 35.0 Å². The number of nitrogens with zero attached hydrogens (tertiary/aromatic N) is 5. The van der Waals surface area contributed by atoms with Crippen LogP contribution in [0.2, 0.25) is 0 Å². The molecule has 0 radical (unpaired) electrons. The molecule has 6 rings (SSSR count). The lowest BCUT2D eigenvalue weighted by molar-refractivity contribution is 0.00158. The average molecular weight is 531 g/mol. The molecule has 3 aliphatic heterocycles. The van der Waals surface area contributed by atoms with E-state index in [0.717, 1.165) is 57.8 Å². The Balaban J connectivity index is 1.22. The fourth-order valence-corrected chi connectivity index (χ4v) is 5.82. The van der Waals surface area contributed by atoms with Crippen LogP contribution in [0, 0.1) is 11.3 Å². The third kappa shape index (κ3) is 4.97. The Bertz CT molecular complexity index is 1410. The SMILES string of the molecule is CC(C)Nc1nc(Nc2ccc(C(=O)N3CCC(N4CCOCC4)CC3)c3c2OCC3)nc2[nH]cc(C#N)c12. The maximum Gasteiger partial charge on any atom is 0.254 e. The summed E-state index contributed by atoms with van der Waals surface area (Å²) >= 11 is 0. The predicted octanol–water partition coefficient (Wildman–Crippen LogP) is 3.27. The van der Waals surface area contributed by atoms with Crippen molar-refractivity contribution in [2.24, 2.45) is 0 Å². The molecule has 3 aromatic rings. The number of nitriles is 1. The lowest BCUT2D eigenvalue weighted by Gasteiger charge is -2.40. The number of amides is 1. The Hall–Kier alpha value is -3.88. The summed E-state index contributed by atoms with van der Waals surface area (Å²) in [5, 5.41) is 16.8. The van der Waals surface area contributed by atoms with Gasteiger partial charge in [0.2, 0.25) is 5.95 Å². The number of aromatic nitrogens is 3. The van der Waals surface area contributed by atoms with Gasteiger partial charge >= 0.3 is 0 Å². The highest BCUT2D eigenvalue weighted by Crippen LogP contribution is 2.38. The summed E-state index contributed by atoms with van der Waals surface area (Å²) in [5.41, 5.74) is 3.40. The number of hydrogen-bond acceptors (Lipinski definition) is 9. The van der Waals surface area contributed by atoms with Gasteiger partial charge in [-0.1, -0.05) is 0 Å². The first-order chi connectivity index (χ1) is 19.0. The van der Waals surface area contributed by atoms with Gasteiger partial charge < -0.3 is 30.0 Å². The summed E-state index contributed by atoms with van der Waals surface area (Å²) in [7, 11) is 0. The molecule has 204 valence electrons. The van der Waals surface area contributed by atoms with Crippen LogP contribution in [0.3, 0.4) is 0 Å². The summed E-state index contributed by atoms with van der Waals surface area (Å²) in [6.45, 7) is 9.63. The highest BCUT2D eigenvalue weighted by molar-refractivity contribution is 5.98. The van der Waals surface area contributed by atoms with E-state index in [1.165, 1.54) is 0 Å². The summed E-state index contributed by atoms with van der Waals surface area (Å²) in [4.78, 5) is 30.4. The maximum absolute atomic E-state index is 13.6. The Labute approximate surface area is 227 Å². The summed E-state index contributed by atoms with van der Waals surface area (Å²) < 4.78 is 11.5. The van der Waals surface area contributed by atoms with Gasteiger partial charge in [0, 0.05) is 62.0 Å². The number of anilines is 3. The molecule has 1 amide bonds. The minimum absolute atomic E-state index is 0.0697. The first kappa shape index (κ1) is 25.4. The van der Waals surface area contributed by atoms with Gasteiger partial charge in [-0.2, -0.15) is 15.2 Å². The number of hydrogen-bond donors (Lipinski definition) is 3. The average Bonchev–Trinajstić information content (AvgIpc) is 3.61. The van der Waals surface area contributed by atoms with Crippen molar-refractivity contribution < 1.29 is 14.3 Å². The first-order valence-electron chi connectivity index (χ1n) is 13.7. The standard InChI is InChI=1S/C28H34N8O3/c1-17(2)31-26-23-18(15-29)16-30-25(23)33-28(34-26)32-22-4-3-21(20-7-12-39-24(20)22)27(37)36-8-5-19(6-9-36)35-10-13-38-14-11-35/h3-4,16-17,19H,5-14H2,1-2H3,(H3,30,31,32,33,34). The monoisotopic (exact) mass is 530 g/mol. The van der Waals surface area contributed by atoms with E-state index in [1.54, 1.807) is 6.20 Å². The van der Waals surface area contributed by atoms with Gasteiger partial charge in [-0.05, 0) is 38.8 Å². The molecule has 2 aromatic heterocycles. The van der Waals surface area contributed by atoms with Crippen molar-refractivity contribution >= 4 is 34.4 Å². The number of morpholine rings is 1. The molecule has 3 aliphatic rings. The number of fused-ring (bicyclic) bond motifs is 2. The highest BCUT2D eigenvalue weighted by atomic mass is 16.5. The van der Waals surface area contributed by atoms with E-state index < -0.39 is 0 Å². The molecule has 0 saturated carbocycles. The topological polar surface area (TPSA) is 131 Å². The molecule has 0 spiro atoms. The zero-order valence-electron chi connectivity index (χ0n) is 22.4. The van der Waals surface area contributed by atoms with Crippen LogP contribution in [0.15, 0.2) is 18.3 Å². The lowest BCUT2D eigenvalue weighted by Crippen LogP contribution is -2.50. The quantitative estimate of drug-likeness (QED) is 0.439. The zero-order chi connectivity index (χ0) is 26.9. The number of piperidine rings is 1. The third-order valence-corrected chi connectivity index (χ3v) is 7.73.